The highest BCUT2D eigenvalue weighted by Crippen LogP contribution is 2.16. The highest BCUT2D eigenvalue weighted by atomic mass is 32.2. The molecular formula is C8H11N3O2S. The van der Waals surface area contributed by atoms with Crippen molar-refractivity contribution < 1.29 is 8.42 Å². The van der Waals surface area contributed by atoms with E-state index < -0.39 is 9.84 Å². The number of rotatable bonds is 2. The maximum atomic E-state index is 10.9. The zero-order valence-corrected chi connectivity index (χ0v) is 8.29. The maximum Gasteiger partial charge on any atom is 0.154 e. The summed E-state index contributed by atoms with van der Waals surface area (Å²) in [5, 5.41) is 3.06. The van der Waals surface area contributed by atoms with Crippen LogP contribution in [0.1, 0.15) is 0 Å². The minimum atomic E-state index is -2.77. The Labute approximate surface area is 82.3 Å². The molecule has 0 saturated carbocycles. The highest BCUT2D eigenvalue weighted by molar-refractivity contribution is 7.92. The zero-order chi connectivity index (χ0) is 10.2. The van der Waals surface area contributed by atoms with Crippen molar-refractivity contribution in [2.24, 2.45) is 0 Å². The summed E-state index contributed by atoms with van der Waals surface area (Å²) in [5.74, 6) is 0.867. The molecule has 0 aromatic carbocycles. The number of aromatic nitrogens is 1. The molecule has 1 aromatic rings. The van der Waals surface area contributed by atoms with Gasteiger partial charge in [0.05, 0.1) is 29.4 Å². The van der Waals surface area contributed by atoms with Crippen molar-refractivity contribution in [3.63, 3.8) is 0 Å². The van der Waals surface area contributed by atoms with Crippen LogP contribution in [0.2, 0.25) is 0 Å². The Morgan fingerprint density at radius 3 is 2.64 bits per heavy atom. The second-order valence-electron chi connectivity index (χ2n) is 3.39. The van der Waals surface area contributed by atoms with Crippen LogP contribution >= 0.6 is 0 Å². The molecular weight excluding hydrogens is 202 g/mol. The predicted molar refractivity (Wildman–Crippen MR) is 54.7 cm³/mol. The molecule has 0 radical (unpaired) electrons. The number of nitrogens with one attached hydrogen (secondary N) is 1. The minimum Gasteiger partial charge on any atom is -0.384 e. The Bertz CT molecular complexity index is 414. The van der Waals surface area contributed by atoms with Crippen molar-refractivity contribution in [3.8, 4) is 0 Å². The first kappa shape index (κ1) is 9.26. The lowest BCUT2D eigenvalue weighted by atomic mass is 10.3. The second kappa shape index (κ2) is 3.13. The molecule has 5 nitrogen and oxygen atoms in total. The van der Waals surface area contributed by atoms with E-state index in [2.05, 4.69) is 10.3 Å². The van der Waals surface area contributed by atoms with Gasteiger partial charge in [-0.25, -0.2) is 13.4 Å². The fourth-order valence-corrected chi connectivity index (χ4v) is 2.67. The van der Waals surface area contributed by atoms with Gasteiger partial charge < -0.3 is 11.1 Å². The van der Waals surface area contributed by atoms with Crippen LogP contribution in [0.5, 0.6) is 0 Å². The molecule has 0 amide bonds. The van der Waals surface area contributed by atoms with Crippen LogP contribution < -0.4 is 11.1 Å². The molecule has 0 spiro atoms. The van der Waals surface area contributed by atoms with Crippen molar-refractivity contribution in [1.29, 1.82) is 0 Å². The minimum absolute atomic E-state index is 0.0189. The number of hydrogen-bond donors (Lipinski definition) is 2. The summed E-state index contributed by atoms with van der Waals surface area (Å²) in [6.07, 6.45) is 1.60. The van der Waals surface area contributed by atoms with Crippen LogP contribution in [0.15, 0.2) is 18.3 Å². The van der Waals surface area contributed by atoms with Crippen molar-refractivity contribution in [2.45, 2.75) is 6.04 Å². The SMILES string of the molecule is Nc1ccc(NC2CS(=O)(=O)C2)cn1. The van der Waals surface area contributed by atoms with Gasteiger partial charge in [-0.15, -0.1) is 0 Å². The lowest BCUT2D eigenvalue weighted by Crippen LogP contribution is -2.46. The second-order valence-corrected chi connectivity index (χ2v) is 5.54. The van der Waals surface area contributed by atoms with Gasteiger partial charge in [0.15, 0.2) is 9.84 Å². The fraction of sp³-hybridized carbons (Fsp3) is 0.375. The molecule has 0 bridgehead atoms. The zero-order valence-electron chi connectivity index (χ0n) is 7.47. The highest BCUT2D eigenvalue weighted by Gasteiger charge is 2.32. The van der Waals surface area contributed by atoms with Gasteiger partial charge in [-0.05, 0) is 12.1 Å². The third kappa shape index (κ3) is 1.95. The molecule has 0 unspecified atom stereocenters. The van der Waals surface area contributed by atoms with E-state index in [1.807, 2.05) is 0 Å². The smallest absolute Gasteiger partial charge is 0.154 e. The predicted octanol–water partition coefficient (Wildman–Crippen LogP) is -0.127. The first-order valence-electron chi connectivity index (χ1n) is 4.24. The van der Waals surface area contributed by atoms with Gasteiger partial charge in [-0.3, -0.25) is 0 Å². The number of nitrogens with zero attached hydrogens (tertiary/aromatic N) is 1. The Kier molecular flexibility index (Phi) is 2.07. The number of nitrogen functional groups attached to an aromatic ring is 1. The van der Waals surface area contributed by atoms with Crippen LogP contribution in [-0.2, 0) is 9.84 Å². The molecule has 1 saturated heterocycles. The Balaban J connectivity index is 1.97. The summed E-state index contributed by atoms with van der Waals surface area (Å²) >= 11 is 0. The Morgan fingerprint density at radius 1 is 1.43 bits per heavy atom. The van der Waals surface area contributed by atoms with E-state index in [0.29, 0.717) is 5.82 Å². The van der Waals surface area contributed by atoms with Gasteiger partial charge in [-0.1, -0.05) is 0 Å². The quantitative estimate of drug-likeness (QED) is 0.715. The summed E-state index contributed by atoms with van der Waals surface area (Å²) in [6, 6.07) is 3.48. The molecule has 2 rings (SSSR count). The molecule has 0 aliphatic carbocycles. The lowest BCUT2D eigenvalue weighted by molar-refractivity contribution is 0.570. The molecule has 2 heterocycles. The van der Waals surface area contributed by atoms with Gasteiger partial charge in [0.2, 0.25) is 0 Å². The van der Waals surface area contributed by atoms with Gasteiger partial charge in [0, 0.05) is 0 Å². The number of hydrogen-bond acceptors (Lipinski definition) is 5. The Morgan fingerprint density at radius 2 is 2.14 bits per heavy atom. The van der Waals surface area contributed by atoms with Crippen LogP contribution in [0.25, 0.3) is 0 Å². The molecule has 0 atom stereocenters. The van der Waals surface area contributed by atoms with E-state index >= 15 is 0 Å². The van der Waals surface area contributed by atoms with Crippen LogP contribution in [-0.4, -0.2) is 30.9 Å². The van der Waals surface area contributed by atoms with E-state index in [1.54, 1.807) is 18.3 Å². The summed E-state index contributed by atoms with van der Waals surface area (Å²) in [7, 11) is -2.77. The van der Waals surface area contributed by atoms with Gasteiger partial charge >= 0.3 is 0 Å². The Hall–Kier alpha value is -1.30. The van der Waals surface area contributed by atoms with Gasteiger partial charge in [0.25, 0.3) is 0 Å². The standard InChI is InChI=1S/C8H11N3O2S/c9-8-2-1-6(3-10-8)11-7-4-14(12,13)5-7/h1-3,7,11H,4-5H2,(H2,9,10). The maximum absolute atomic E-state index is 10.9. The van der Waals surface area contributed by atoms with E-state index in [9.17, 15) is 8.42 Å². The third-order valence-electron chi connectivity index (χ3n) is 2.07. The third-order valence-corrected chi connectivity index (χ3v) is 3.89. The molecule has 1 fully saturated rings. The monoisotopic (exact) mass is 213 g/mol. The van der Waals surface area contributed by atoms with E-state index in [-0.39, 0.29) is 17.5 Å². The van der Waals surface area contributed by atoms with E-state index in [1.165, 1.54) is 0 Å². The normalized spacial score (nSPS) is 20.0. The van der Waals surface area contributed by atoms with E-state index in [0.717, 1.165) is 5.69 Å². The lowest BCUT2D eigenvalue weighted by Gasteiger charge is -2.27. The van der Waals surface area contributed by atoms with Crippen LogP contribution in [0.3, 0.4) is 0 Å². The summed E-state index contributed by atoms with van der Waals surface area (Å²) in [5.41, 5.74) is 6.22. The molecule has 1 aromatic heterocycles. The number of sulfone groups is 1. The molecule has 3 N–H and O–H groups in total. The first-order chi connectivity index (χ1) is 6.55. The van der Waals surface area contributed by atoms with Crippen molar-refractivity contribution in [1.82, 2.24) is 4.98 Å². The fourth-order valence-electron chi connectivity index (χ4n) is 1.37. The number of nitrogens with two attached hydrogens (primary N) is 1. The molecule has 76 valence electrons. The average Bonchev–Trinajstić information content (AvgIpc) is 2.06. The molecule has 6 heteroatoms. The molecule has 1 aliphatic rings. The average molecular weight is 213 g/mol. The van der Waals surface area contributed by atoms with Crippen LogP contribution in [0, 0.1) is 0 Å². The van der Waals surface area contributed by atoms with Gasteiger partial charge in [0.1, 0.15) is 5.82 Å². The molecule has 14 heavy (non-hydrogen) atoms. The van der Waals surface area contributed by atoms with E-state index in [4.69, 9.17) is 5.73 Å². The summed E-state index contributed by atoms with van der Waals surface area (Å²) in [4.78, 5) is 3.89. The van der Waals surface area contributed by atoms with Crippen molar-refractivity contribution in [3.05, 3.63) is 18.3 Å². The summed E-state index contributed by atoms with van der Waals surface area (Å²) < 4.78 is 21.7. The van der Waals surface area contributed by atoms with Crippen molar-refractivity contribution >= 4 is 21.3 Å². The number of anilines is 2. The topological polar surface area (TPSA) is 85.1 Å². The number of pyridine rings is 1. The van der Waals surface area contributed by atoms with Crippen molar-refractivity contribution in [2.75, 3.05) is 22.6 Å². The first-order valence-corrected chi connectivity index (χ1v) is 6.06. The largest absolute Gasteiger partial charge is 0.384 e. The van der Waals surface area contributed by atoms with Gasteiger partial charge in [-0.2, -0.15) is 0 Å². The summed E-state index contributed by atoms with van der Waals surface area (Å²) in [6.45, 7) is 0. The molecule has 1 aliphatic heterocycles. The van der Waals surface area contributed by atoms with Crippen LogP contribution in [0.4, 0.5) is 11.5 Å².